The van der Waals surface area contributed by atoms with Gasteiger partial charge in [-0.25, -0.2) is 0 Å². The number of hydrogen-bond acceptors (Lipinski definition) is 18. The molecule has 16 unspecified atom stereocenters. The molecule has 0 spiro atoms. The Kier molecular flexibility index (Phi) is 20.2. The van der Waals surface area contributed by atoms with Gasteiger partial charge >= 0.3 is 7.60 Å². The molecule has 19 nitrogen and oxygen atoms in total. The number of rotatable bonds is 22. The van der Waals surface area contributed by atoms with Gasteiger partial charge in [0.1, 0.15) is 61.0 Å². The van der Waals surface area contributed by atoms with E-state index in [1.165, 1.54) is 0 Å². The molecule has 326 valence electrons. The van der Waals surface area contributed by atoms with E-state index in [9.17, 15) is 55.4 Å². The summed E-state index contributed by atoms with van der Waals surface area (Å²) in [6.45, 7) is 9.17. The first-order chi connectivity index (χ1) is 25.7. The van der Waals surface area contributed by atoms with Crippen LogP contribution in [0.5, 0.6) is 0 Å². The first-order valence-electron chi connectivity index (χ1n) is 19.2. The molecule has 0 aromatic heterocycles. The highest BCUT2D eigenvalue weighted by atomic mass is 31.2. The summed E-state index contributed by atoms with van der Waals surface area (Å²) in [4.78, 5) is 9.73. The van der Waals surface area contributed by atoms with Crippen molar-refractivity contribution in [1.82, 2.24) is 0 Å². The highest BCUT2D eigenvalue weighted by Gasteiger charge is 2.49. The van der Waals surface area contributed by atoms with Crippen LogP contribution in [0.2, 0.25) is 0 Å². The lowest BCUT2D eigenvalue weighted by atomic mass is 9.81. The third-order valence-electron chi connectivity index (χ3n) is 9.88. The van der Waals surface area contributed by atoms with E-state index >= 15 is 0 Å². The fourth-order valence-electron chi connectivity index (χ4n) is 6.25. The zero-order chi connectivity index (χ0) is 41.1. The van der Waals surface area contributed by atoms with Crippen molar-refractivity contribution in [3.8, 4) is 0 Å². The van der Waals surface area contributed by atoms with Gasteiger partial charge in [0, 0.05) is 25.7 Å². The molecule has 2 heterocycles. The summed E-state index contributed by atoms with van der Waals surface area (Å²) in [5.74, 6) is -0.770. The Morgan fingerprint density at radius 2 is 1.11 bits per heavy atom. The molecule has 3 rings (SSSR count). The minimum absolute atomic E-state index is 0.0477. The quantitative estimate of drug-likeness (QED) is 0.0440. The van der Waals surface area contributed by atoms with E-state index in [4.69, 9.17) is 37.7 Å². The summed E-state index contributed by atoms with van der Waals surface area (Å²) >= 11 is 0. The number of aliphatic hydroxyl groups excluding tert-OH is 9. The summed E-state index contributed by atoms with van der Waals surface area (Å²) in [6, 6.07) is 0. The van der Waals surface area contributed by atoms with E-state index < -0.39 is 112 Å². The molecule has 20 heteroatoms. The van der Waals surface area contributed by atoms with Gasteiger partial charge in [0.25, 0.3) is 0 Å². The van der Waals surface area contributed by atoms with Crippen LogP contribution < -0.4 is 0 Å². The van der Waals surface area contributed by atoms with Crippen LogP contribution >= 0.6 is 7.60 Å². The van der Waals surface area contributed by atoms with E-state index in [0.29, 0.717) is 32.5 Å². The van der Waals surface area contributed by atoms with Crippen molar-refractivity contribution in [2.45, 2.75) is 170 Å². The van der Waals surface area contributed by atoms with E-state index in [1.807, 2.05) is 20.8 Å². The summed E-state index contributed by atoms with van der Waals surface area (Å²) in [7, 11) is -3.68. The predicted octanol–water partition coefficient (Wildman–Crippen LogP) is -1.48. The summed E-state index contributed by atoms with van der Waals surface area (Å²) in [6.07, 6.45) is -17.5. The SMILES string of the molecule is CC(C)P(=O)(O)OCCCCOCC1OC(OCC2OC(OCC3CC(OCCCCCOC(C)(C)C)C(O)C(O)C3O)C(O)C(O)C2O)C(O)C(O)C1O. The lowest BCUT2D eigenvalue weighted by Gasteiger charge is -2.44. The normalized spacial score (nSPS) is 38.7. The van der Waals surface area contributed by atoms with Crippen molar-refractivity contribution >= 4 is 7.60 Å². The van der Waals surface area contributed by atoms with Crippen molar-refractivity contribution in [2.24, 2.45) is 5.92 Å². The maximum absolute atomic E-state index is 11.9. The van der Waals surface area contributed by atoms with Crippen molar-refractivity contribution in [2.75, 3.05) is 46.2 Å². The second-order valence-electron chi connectivity index (χ2n) is 15.9. The van der Waals surface area contributed by atoms with Gasteiger partial charge < -0.3 is 88.5 Å². The summed E-state index contributed by atoms with van der Waals surface area (Å²) < 4.78 is 56.7. The largest absolute Gasteiger partial charge is 0.390 e. The number of ether oxygens (including phenoxy) is 7. The van der Waals surface area contributed by atoms with Crippen LogP contribution in [0.4, 0.5) is 0 Å². The average molecular weight is 823 g/mol. The topological polar surface area (TPSA) is 293 Å². The Balaban J connectivity index is 1.47. The Labute approximate surface area is 322 Å². The molecule has 1 saturated carbocycles. The van der Waals surface area contributed by atoms with Crippen LogP contribution in [0.15, 0.2) is 0 Å². The lowest BCUT2D eigenvalue weighted by molar-refractivity contribution is -0.334. The molecule has 0 aromatic carbocycles. The average Bonchev–Trinajstić information content (AvgIpc) is 3.12. The van der Waals surface area contributed by atoms with Gasteiger partial charge in [-0.2, -0.15) is 0 Å². The van der Waals surface area contributed by atoms with Crippen molar-refractivity contribution in [3.63, 3.8) is 0 Å². The molecule has 55 heavy (non-hydrogen) atoms. The molecule has 16 atom stereocenters. The van der Waals surface area contributed by atoms with E-state index in [2.05, 4.69) is 0 Å². The molecule has 0 bridgehead atoms. The highest BCUT2D eigenvalue weighted by molar-refractivity contribution is 7.53. The molecule has 2 saturated heterocycles. The van der Waals surface area contributed by atoms with E-state index in [1.54, 1.807) is 13.8 Å². The van der Waals surface area contributed by atoms with Crippen LogP contribution in [0.1, 0.15) is 73.1 Å². The van der Waals surface area contributed by atoms with Crippen LogP contribution in [0, 0.1) is 5.92 Å². The molecular weight excluding hydrogens is 755 g/mol. The second kappa shape index (κ2) is 22.8. The van der Waals surface area contributed by atoms with Gasteiger partial charge in [-0.3, -0.25) is 4.57 Å². The maximum Gasteiger partial charge on any atom is 0.330 e. The van der Waals surface area contributed by atoms with E-state index in [-0.39, 0.29) is 38.4 Å². The zero-order valence-corrected chi connectivity index (χ0v) is 33.4. The number of aliphatic hydroxyl groups is 9. The molecule has 3 aliphatic rings. The van der Waals surface area contributed by atoms with Crippen LogP contribution in [0.25, 0.3) is 0 Å². The maximum atomic E-state index is 11.9. The molecule has 3 fully saturated rings. The molecule has 0 radical (unpaired) electrons. The predicted molar refractivity (Wildman–Crippen MR) is 192 cm³/mol. The molecule has 0 aromatic rings. The van der Waals surface area contributed by atoms with Crippen molar-refractivity contribution < 1.29 is 93.1 Å². The fourth-order valence-corrected chi connectivity index (χ4v) is 6.94. The zero-order valence-electron chi connectivity index (χ0n) is 32.5. The minimum Gasteiger partial charge on any atom is -0.390 e. The fraction of sp³-hybridized carbons (Fsp3) is 1.00. The Hall–Kier alpha value is -0.490. The molecule has 1 aliphatic carbocycles. The molecule has 0 amide bonds. The van der Waals surface area contributed by atoms with Crippen LogP contribution in [0.3, 0.4) is 0 Å². The van der Waals surface area contributed by atoms with Crippen LogP contribution in [-0.4, -0.2) is 194 Å². The van der Waals surface area contributed by atoms with Gasteiger partial charge in [0.05, 0.1) is 49.9 Å². The minimum atomic E-state index is -3.68. The molecule has 10 N–H and O–H groups in total. The number of unbranched alkanes of at least 4 members (excludes halogenated alkanes) is 3. The van der Waals surface area contributed by atoms with Crippen molar-refractivity contribution in [3.05, 3.63) is 0 Å². The van der Waals surface area contributed by atoms with Crippen LogP contribution in [-0.2, 0) is 42.2 Å². The lowest BCUT2D eigenvalue weighted by Crippen LogP contribution is -2.62. The van der Waals surface area contributed by atoms with Gasteiger partial charge in [-0.1, -0.05) is 13.8 Å². The van der Waals surface area contributed by atoms with Gasteiger partial charge in [0.15, 0.2) is 12.6 Å². The van der Waals surface area contributed by atoms with Gasteiger partial charge in [-0.15, -0.1) is 0 Å². The van der Waals surface area contributed by atoms with Gasteiger partial charge in [-0.05, 0) is 59.3 Å². The summed E-state index contributed by atoms with van der Waals surface area (Å²) in [5.41, 5.74) is -0.754. The van der Waals surface area contributed by atoms with Crippen molar-refractivity contribution in [1.29, 1.82) is 0 Å². The first kappa shape index (κ1) is 48.9. The highest BCUT2D eigenvalue weighted by Crippen LogP contribution is 2.47. The Bertz CT molecular complexity index is 1130. The first-order valence-corrected chi connectivity index (χ1v) is 20.9. The van der Waals surface area contributed by atoms with Gasteiger partial charge in [0.2, 0.25) is 0 Å². The monoisotopic (exact) mass is 822 g/mol. The Morgan fingerprint density at radius 1 is 0.600 bits per heavy atom. The number of hydrogen-bond donors (Lipinski definition) is 10. The smallest absolute Gasteiger partial charge is 0.330 e. The standard InChI is InChI=1S/C35H67O19P/c1-19(2)55(45,46)52-14-10-9-11-47-17-22-26(38)29(41)32(44)34(53-22)50-18-23-27(39)30(42)31(43)33(54-23)49-16-20-15-21(25(37)28(40)24(20)36)48-12-7-6-8-13-51-35(3,4)5/h19-34,36-44H,6-18H2,1-5H3,(H,45,46). The third kappa shape index (κ3) is 14.9. The molecular formula is C35H67O19P. The molecule has 2 aliphatic heterocycles. The summed E-state index contributed by atoms with van der Waals surface area (Å²) in [5, 5.41) is 95.0. The van der Waals surface area contributed by atoms with E-state index in [0.717, 1.165) is 12.8 Å². The second-order valence-corrected chi connectivity index (χ2v) is 18.3. The third-order valence-corrected chi connectivity index (χ3v) is 11.7. The Morgan fingerprint density at radius 3 is 1.69 bits per heavy atom.